The van der Waals surface area contributed by atoms with Crippen LogP contribution in [-0.2, 0) is 21.0 Å². The van der Waals surface area contributed by atoms with Crippen LogP contribution in [0.2, 0.25) is 0 Å². The lowest BCUT2D eigenvalue weighted by molar-refractivity contribution is -0.131. The lowest BCUT2D eigenvalue weighted by atomic mass is 10.0. The topological polar surface area (TPSA) is 108 Å². The monoisotopic (exact) mass is 405 g/mol. The number of unbranched alkanes of at least 4 members (excludes halogenated alkanes) is 2. The van der Waals surface area contributed by atoms with E-state index in [-0.39, 0.29) is 30.2 Å². The fraction of sp³-hybridized carbons (Fsp3) is 0.591. The van der Waals surface area contributed by atoms with Crippen molar-refractivity contribution < 1.29 is 19.5 Å². The van der Waals surface area contributed by atoms with Gasteiger partial charge in [-0.3, -0.25) is 14.4 Å². The van der Waals surface area contributed by atoms with Gasteiger partial charge in [0.1, 0.15) is 12.1 Å². The fourth-order valence-electron chi connectivity index (χ4n) is 2.89. The minimum absolute atomic E-state index is 0.0672. The molecule has 3 amide bonds. The van der Waals surface area contributed by atoms with Crippen molar-refractivity contribution in [2.75, 3.05) is 5.32 Å². The number of anilines is 1. The van der Waals surface area contributed by atoms with Crippen LogP contribution in [-0.4, -0.2) is 34.9 Å². The average molecular weight is 406 g/mol. The van der Waals surface area contributed by atoms with Crippen molar-refractivity contribution in [3.8, 4) is 0 Å². The first kappa shape index (κ1) is 24.6. The first-order valence-electron chi connectivity index (χ1n) is 10.3. The Morgan fingerprint density at radius 3 is 2.28 bits per heavy atom. The molecule has 1 aromatic rings. The summed E-state index contributed by atoms with van der Waals surface area (Å²) in [5, 5.41) is 17.4. The third-order valence-electron chi connectivity index (χ3n) is 4.76. The van der Waals surface area contributed by atoms with Crippen LogP contribution in [0.3, 0.4) is 0 Å². The van der Waals surface area contributed by atoms with Gasteiger partial charge >= 0.3 is 0 Å². The standard InChI is InChI=1S/C22H35N3O4/c1-6-7-8-9-19(27)25-20(14(2)3)22(29)23-16(5)21(28)24-18-11-10-17(13-26)12-15(18)4/h10-12,14,16,20,26H,6-9,13H2,1-5H3,(H,23,29)(H,24,28)(H,25,27)/t16-,20-/m0/s1. The first-order chi connectivity index (χ1) is 13.7. The molecule has 0 aliphatic carbocycles. The van der Waals surface area contributed by atoms with Crippen molar-refractivity contribution in [3.05, 3.63) is 29.3 Å². The van der Waals surface area contributed by atoms with Crippen LogP contribution in [0.4, 0.5) is 5.69 Å². The Bertz CT molecular complexity index is 703. The number of aliphatic hydroxyl groups excluding tert-OH is 1. The minimum atomic E-state index is -0.766. The summed E-state index contributed by atoms with van der Waals surface area (Å²) in [7, 11) is 0. The Morgan fingerprint density at radius 1 is 1.03 bits per heavy atom. The van der Waals surface area contributed by atoms with Gasteiger partial charge in [-0.15, -0.1) is 0 Å². The summed E-state index contributed by atoms with van der Waals surface area (Å²) >= 11 is 0. The molecule has 162 valence electrons. The number of benzene rings is 1. The predicted octanol–water partition coefficient (Wildman–Crippen LogP) is 2.65. The molecule has 1 rings (SSSR count). The lowest BCUT2D eigenvalue weighted by Gasteiger charge is -2.24. The van der Waals surface area contributed by atoms with E-state index in [1.807, 2.05) is 20.8 Å². The second kappa shape index (κ2) is 12.2. The zero-order chi connectivity index (χ0) is 22.0. The van der Waals surface area contributed by atoms with Crippen LogP contribution < -0.4 is 16.0 Å². The quantitative estimate of drug-likeness (QED) is 0.425. The Kier molecular flexibility index (Phi) is 10.4. The minimum Gasteiger partial charge on any atom is -0.392 e. The summed E-state index contributed by atoms with van der Waals surface area (Å²) in [6.07, 6.45) is 3.18. The Morgan fingerprint density at radius 2 is 1.72 bits per heavy atom. The van der Waals surface area contributed by atoms with E-state index in [1.54, 1.807) is 25.1 Å². The van der Waals surface area contributed by atoms with Gasteiger partial charge in [-0.1, -0.05) is 45.7 Å². The molecule has 0 saturated heterocycles. The van der Waals surface area contributed by atoms with E-state index in [0.29, 0.717) is 12.1 Å². The van der Waals surface area contributed by atoms with Crippen LogP contribution in [0.15, 0.2) is 18.2 Å². The highest BCUT2D eigenvalue weighted by Gasteiger charge is 2.27. The molecule has 0 spiro atoms. The summed E-state index contributed by atoms with van der Waals surface area (Å²) in [5.41, 5.74) is 2.21. The Labute approximate surface area is 173 Å². The highest BCUT2D eigenvalue weighted by molar-refractivity contribution is 5.98. The van der Waals surface area contributed by atoms with Gasteiger partial charge in [0, 0.05) is 12.1 Å². The third kappa shape index (κ3) is 8.23. The van der Waals surface area contributed by atoms with Crippen LogP contribution in [0, 0.1) is 12.8 Å². The van der Waals surface area contributed by atoms with Gasteiger partial charge in [-0.25, -0.2) is 0 Å². The van der Waals surface area contributed by atoms with Gasteiger partial charge in [0.25, 0.3) is 0 Å². The SMILES string of the molecule is CCCCCC(=O)N[C@H](C(=O)N[C@@H](C)C(=O)Nc1ccc(CO)cc1C)C(C)C. The van der Waals surface area contributed by atoms with Gasteiger partial charge < -0.3 is 21.1 Å². The lowest BCUT2D eigenvalue weighted by Crippen LogP contribution is -2.53. The molecule has 0 radical (unpaired) electrons. The predicted molar refractivity (Wildman–Crippen MR) is 114 cm³/mol. The third-order valence-corrected chi connectivity index (χ3v) is 4.76. The zero-order valence-electron chi connectivity index (χ0n) is 18.2. The smallest absolute Gasteiger partial charge is 0.246 e. The maximum absolute atomic E-state index is 12.6. The second-order valence-corrected chi connectivity index (χ2v) is 7.77. The number of nitrogens with one attached hydrogen (secondary N) is 3. The number of aryl methyl sites for hydroxylation is 1. The van der Waals surface area contributed by atoms with Crippen LogP contribution in [0.25, 0.3) is 0 Å². The molecular formula is C22H35N3O4. The van der Waals surface area contributed by atoms with Crippen LogP contribution in [0.5, 0.6) is 0 Å². The van der Waals surface area contributed by atoms with Gasteiger partial charge in [0.05, 0.1) is 6.61 Å². The number of carbonyl (C=O) groups is 3. The van der Waals surface area contributed by atoms with Gasteiger partial charge in [0.15, 0.2) is 0 Å². The molecule has 0 bridgehead atoms. The molecule has 7 nitrogen and oxygen atoms in total. The van der Waals surface area contributed by atoms with Crippen molar-refractivity contribution >= 4 is 23.4 Å². The van der Waals surface area contributed by atoms with E-state index in [4.69, 9.17) is 0 Å². The van der Waals surface area contributed by atoms with Crippen molar-refractivity contribution in [2.24, 2.45) is 5.92 Å². The van der Waals surface area contributed by atoms with Gasteiger partial charge in [0.2, 0.25) is 17.7 Å². The van der Waals surface area contributed by atoms with E-state index in [9.17, 15) is 19.5 Å². The van der Waals surface area contributed by atoms with Crippen molar-refractivity contribution in [2.45, 2.75) is 79.0 Å². The van der Waals surface area contributed by atoms with E-state index < -0.39 is 12.1 Å². The number of amides is 3. The van der Waals surface area contributed by atoms with E-state index >= 15 is 0 Å². The molecule has 0 heterocycles. The Balaban J connectivity index is 2.66. The molecular weight excluding hydrogens is 370 g/mol. The fourth-order valence-corrected chi connectivity index (χ4v) is 2.89. The average Bonchev–Trinajstić information content (AvgIpc) is 2.67. The molecule has 2 atom stereocenters. The molecule has 1 aromatic carbocycles. The number of hydrogen-bond acceptors (Lipinski definition) is 4. The molecule has 0 saturated carbocycles. The number of rotatable bonds is 11. The summed E-state index contributed by atoms with van der Waals surface area (Å²) in [6, 6.07) is 3.79. The molecule has 29 heavy (non-hydrogen) atoms. The van der Waals surface area contributed by atoms with Crippen LogP contribution in [0.1, 0.15) is 64.5 Å². The van der Waals surface area contributed by atoms with Crippen molar-refractivity contribution in [1.82, 2.24) is 10.6 Å². The second-order valence-electron chi connectivity index (χ2n) is 7.77. The molecule has 0 aliphatic heterocycles. The highest BCUT2D eigenvalue weighted by atomic mass is 16.3. The van der Waals surface area contributed by atoms with Gasteiger partial charge in [-0.05, 0) is 43.4 Å². The summed E-state index contributed by atoms with van der Waals surface area (Å²) in [5.74, 6) is -0.980. The van der Waals surface area contributed by atoms with E-state index in [0.717, 1.165) is 30.4 Å². The summed E-state index contributed by atoms with van der Waals surface area (Å²) in [6.45, 7) is 9.15. The molecule has 0 aromatic heterocycles. The molecule has 7 heteroatoms. The highest BCUT2D eigenvalue weighted by Crippen LogP contribution is 2.17. The molecule has 0 fully saturated rings. The number of carbonyl (C=O) groups excluding carboxylic acids is 3. The summed E-state index contributed by atoms with van der Waals surface area (Å²) in [4.78, 5) is 37.2. The number of hydrogen-bond donors (Lipinski definition) is 4. The molecule has 0 aliphatic rings. The zero-order valence-corrected chi connectivity index (χ0v) is 18.2. The molecule has 4 N–H and O–H groups in total. The maximum atomic E-state index is 12.6. The summed E-state index contributed by atoms with van der Waals surface area (Å²) < 4.78 is 0. The van der Waals surface area contributed by atoms with Gasteiger partial charge in [-0.2, -0.15) is 0 Å². The number of aliphatic hydroxyl groups is 1. The van der Waals surface area contributed by atoms with E-state index in [2.05, 4.69) is 22.9 Å². The normalized spacial score (nSPS) is 12.9. The first-order valence-corrected chi connectivity index (χ1v) is 10.3. The van der Waals surface area contributed by atoms with Crippen LogP contribution >= 0.6 is 0 Å². The Hall–Kier alpha value is -2.41. The molecule has 0 unspecified atom stereocenters. The van der Waals surface area contributed by atoms with E-state index in [1.165, 1.54) is 0 Å². The maximum Gasteiger partial charge on any atom is 0.246 e. The van der Waals surface area contributed by atoms with Crippen molar-refractivity contribution in [1.29, 1.82) is 0 Å². The van der Waals surface area contributed by atoms with Crippen molar-refractivity contribution in [3.63, 3.8) is 0 Å². The largest absolute Gasteiger partial charge is 0.392 e.